The summed E-state index contributed by atoms with van der Waals surface area (Å²) in [5.41, 5.74) is 3.37. The van der Waals surface area contributed by atoms with Crippen LogP contribution in [0.3, 0.4) is 0 Å². The highest BCUT2D eigenvalue weighted by atomic mass is 16.5. The number of para-hydroxylation sites is 1. The van der Waals surface area contributed by atoms with Gasteiger partial charge in [-0.25, -0.2) is 9.98 Å². The van der Waals surface area contributed by atoms with Crippen LogP contribution in [0.15, 0.2) is 46.4 Å². The molecule has 0 fully saturated rings. The van der Waals surface area contributed by atoms with E-state index in [1.54, 1.807) is 0 Å². The Labute approximate surface area is 91.7 Å². The molecule has 0 saturated carbocycles. The van der Waals surface area contributed by atoms with E-state index < -0.39 is 0 Å². The molecule has 2 heterocycles. The summed E-state index contributed by atoms with van der Waals surface area (Å²) in [4.78, 5) is 8.86. The summed E-state index contributed by atoms with van der Waals surface area (Å²) in [6.07, 6.45) is 0. The summed E-state index contributed by atoms with van der Waals surface area (Å²) in [6, 6.07) is 12.2. The number of hydrogen-bond donors (Lipinski definition) is 0. The van der Waals surface area contributed by atoms with Crippen LogP contribution in [-0.4, -0.2) is 6.73 Å². The van der Waals surface area contributed by atoms with Gasteiger partial charge in [0.25, 0.3) is 0 Å². The lowest BCUT2D eigenvalue weighted by Gasteiger charge is -1.98. The highest BCUT2D eigenvalue weighted by Gasteiger charge is 2.16. The third-order valence-electron chi connectivity index (χ3n) is 2.97. The second kappa shape index (κ2) is 2.70. The summed E-state index contributed by atoms with van der Waals surface area (Å²) in [5, 5.41) is 1.92. The first-order valence-electron chi connectivity index (χ1n) is 5.21. The standard InChI is InChI=1S/C13H8N2O/c1-2-4-10-8(3-1)9-5-12-13(16-7-14-12)6-11(9)15-10/h1-6H,7H2. The molecule has 0 saturated heterocycles. The molecule has 0 aliphatic carbocycles. The van der Waals surface area contributed by atoms with Crippen LogP contribution in [0.5, 0.6) is 5.75 Å². The first kappa shape index (κ1) is 8.05. The zero-order valence-electron chi connectivity index (χ0n) is 8.47. The Morgan fingerprint density at radius 1 is 1.00 bits per heavy atom. The quantitative estimate of drug-likeness (QED) is 0.552. The molecular formula is C13H8N2O. The maximum atomic E-state index is 5.40. The molecule has 2 aliphatic heterocycles. The SMILES string of the molecule is c1ccc2c(c1)N=c1cc3c(cc1-2)=NCO3. The second-order valence-corrected chi connectivity index (χ2v) is 3.90. The zero-order valence-corrected chi connectivity index (χ0v) is 8.47. The lowest BCUT2D eigenvalue weighted by atomic mass is 10.1. The van der Waals surface area contributed by atoms with Crippen LogP contribution < -0.4 is 15.5 Å². The fourth-order valence-electron chi connectivity index (χ4n) is 2.21. The summed E-state index contributed by atoms with van der Waals surface area (Å²) in [5.74, 6) is 0.843. The monoisotopic (exact) mass is 208 g/mol. The molecule has 0 aromatic heterocycles. The molecule has 0 atom stereocenters. The van der Waals surface area contributed by atoms with Gasteiger partial charge in [0.05, 0.1) is 11.0 Å². The number of ether oxygens (including phenoxy) is 1. The number of benzene rings is 2. The smallest absolute Gasteiger partial charge is 0.180 e. The van der Waals surface area contributed by atoms with Gasteiger partial charge in [0.2, 0.25) is 0 Å². The van der Waals surface area contributed by atoms with Crippen molar-refractivity contribution < 1.29 is 4.74 Å². The van der Waals surface area contributed by atoms with E-state index in [0.717, 1.165) is 27.7 Å². The van der Waals surface area contributed by atoms with Gasteiger partial charge >= 0.3 is 0 Å². The molecule has 2 aromatic carbocycles. The Hall–Kier alpha value is -2.16. The van der Waals surface area contributed by atoms with Gasteiger partial charge in [-0.05, 0) is 12.1 Å². The Bertz CT molecular complexity index is 719. The summed E-state index contributed by atoms with van der Waals surface area (Å²) >= 11 is 0. The molecule has 76 valence electrons. The molecule has 3 nitrogen and oxygen atoms in total. The van der Waals surface area contributed by atoms with E-state index in [0.29, 0.717) is 6.73 Å². The number of rotatable bonds is 0. The molecule has 0 N–H and O–H groups in total. The number of hydrogen-bond acceptors (Lipinski definition) is 3. The van der Waals surface area contributed by atoms with Crippen molar-refractivity contribution in [2.75, 3.05) is 6.73 Å². The van der Waals surface area contributed by atoms with E-state index in [4.69, 9.17) is 4.74 Å². The maximum Gasteiger partial charge on any atom is 0.180 e. The topological polar surface area (TPSA) is 34.0 Å². The van der Waals surface area contributed by atoms with E-state index in [9.17, 15) is 0 Å². The van der Waals surface area contributed by atoms with Gasteiger partial charge in [0.15, 0.2) is 6.73 Å². The van der Waals surface area contributed by atoms with Crippen molar-refractivity contribution >= 4 is 5.69 Å². The predicted octanol–water partition coefficient (Wildman–Crippen LogP) is 1.59. The highest BCUT2D eigenvalue weighted by Crippen LogP contribution is 2.31. The van der Waals surface area contributed by atoms with Crippen LogP contribution in [0.4, 0.5) is 5.69 Å². The van der Waals surface area contributed by atoms with Crippen LogP contribution in [0, 0.1) is 0 Å². The van der Waals surface area contributed by atoms with Gasteiger partial charge in [-0.1, -0.05) is 18.2 Å². The highest BCUT2D eigenvalue weighted by molar-refractivity contribution is 5.79. The van der Waals surface area contributed by atoms with Crippen LogP contribution in [-0.2, 0) is 0 Å². The molecule has 4 rings (SSSR count). The van der Waals surface area contributed by atoms with Gasteiger partial charge < -0.3 is 4.74 Å². The third kappa shape index (κ3) is 0.922. The second-order valence-electron chi connectivity index (χ2n) is 3.90. The van der Waals surface area contributed by atoms with Crippen molar-refractivity contribution in [3.8, 4) is 16.9 Å². The Morgan fingerprint density at radius 3 is 2.94 bits per heavy atom. The molecule has 16 heavy (non-hydrogen) atoms. The van der Waals surface area contributed by atoms with Gasteiger partial charge in [-0.3, -0.25) is 0 Å². The van der Waals surface area contributed by atoms with E-state index in [1.807, 2.05) is 24.3 Å². The van der Waals surface area contributed by atoms with Gasteiger partial charge in [0, 0.05) is 17.2 Å². The lowest BCUT2D eigenvalue weighted by Crippen LogP contribution is -2.09. The molecule has 2 aliphatic rings. The van der Waals surface area contributed by atoms with Crippen molar-refractivity contribution in [3.63, 3.8) is 0 Å². The summed E-state index contributed by atoms with van der Waals surface area (Å²) in [6.45, 7) is 0.430. The Kier molecular flexibility index (Phi) is 1.36. The first-order valence-corrected chi connectivity index (χ1v) is 5.21. The van der Waals surface area contributed by atoms with Gasteiger partial charge in [0.1, 0.15) is 11.1 Å². The maximum absolute atomic E-state index is 5.40. The van der Waals surface area contributed by atoms with Crippen molar-refractivity contribution in [2.45, 2.75) is 0 Å². The largest absolute Gasteiger partial charge is 0.469 e. The minimum absolute atomic E-state index is 0.430. The van der Waals surface area contributed by atoms with Crippen molar-refractivity contribution in [2.24, 2.45) is 9.98 Å². The molecular weight excluding hydrogens is 200 g/mol. The Morgan fingerprint density at radius 2 is 1.94 bits per heavy atom. The minimum Gasteiger partial charge on any atom is -0.469 e. The number of nitrogens with zero attached hydrogens (tertiary/aromatic N) is 2. The fourth-order valence-corrected chi connectivity index (χ4v) is 2.21. The normalized spacial score (nSPS) is 14.2. The average Bonchev–Trinajstić information content (AvgIpc) is 2.88. The molecule has 0 unspecified atom stereocenters. The minimum atomic E-state index is 0.430. The lowest BCUT2D eigenvalue weighted by molar-refractivity contribution is 0.352. The predicted molar refractivity (Wildman–Crippen MR) is 59.3 cm³/mol. The van der Waals surface area contributed by atoms with E-state index in [1.165, 1.54) is 5.56 Å². The van der Waals surface area contributed by atoms with E-state index in [2.05, 4.69) is 22.1 Å². The van der Waals surface area contributed by atoms with Gasteiger partial charge in [-0.2, -0.15) is 0 Å². The number of fused-ring (bicyclic) bond motifs is 4. The van der Waals surface area contributed by atoms with Crippen LogP contribution in [0.2, 0.25) is 0 Å². The zero-order chi connectivity index (χ0) is 10.5. The van der Waals surface area contributed by atoms with Crippen molar-refractivity contribution in [1.29, 1.82) is 0 Å². The molecule has 2 aromatic rings. The van der Waals surface area contributed by atoms with Crippen molar-refractivity contribution in [1.82, 2.24) is 0 Å². The van der Waals surface area contributed by atoms with Crippen LogP contribution in [0.1, 0.15) is 0 Å². The molecule has 0 amide bonds. The molecule has 0 spiro atoms. The Balaban J connectivity index is 2.13. The summed E-state index contributed by atoms with van der Waals surface area (Å²) < 4.78 is 5.40. The fraction of sp³-hybridized carbons (Fsp3) is 0.0769. The van der Waals surface area contributed by atoms with Crippen molar-refractivity contribution in [3.05, 3.63) is 47.1 Å². The summed E-state index contributed by atoms with van der Waals surface area (Å²) in [7, 11) is 0. The first-order chi connectivity index (χ1) is 7.92. The van der Waals surface area contributed by atoms with E-state index in [-0.39, 0.29) is 0 Å². The molecule has 0 radical (unpaired) electrons. The van der Waals surface area contributed by atoms with Gasteiger partial charge in [-0.15, -0.1) is 0 Å². The molecule has 0 bridgehead atoms. The third-order valence-corrected chi connectivity index (χ3v) is 2.97. The molecule has 3 heteroatoms. The van der Waals surface area contributed by atoms with E-state index >= 15 is 0 Å². The van der Waals surface area contributed by atoms with Crippen LogP contribution in [0.25, 0.3) is 11.1 Å². The van der Waals surface area contributed by atoms with Crippen LogP contribution >= 0.6 is 0 Å². The average molecular weight is 208 g/mol.